The molecular formula is C27H26BrNO6. The lowest BCUT2D eigenvalue weighted by Gasteiger charge is -2.42. The lowest BCUT2D eigenvalue weighted by molar-refractivity contribution is -0.145. The Labute approximate surface area is 211 Å². The van der Waals surface area contributed by atoms with E-state index in [2.05, 4.69) is 15.9 Å². The number of benzene rings is 1. The molecule has 0 aromatic heterocycles. The molecule has 1 N–H and O–H groups in total. The topological polar surface area (TPSA) is 101 Å². The molecule has 1 aromatic carbocycles. The molecule has 0 radical (unpaired) electrons. The molecule has 4 aliphatic rings. The van der Waals surface area contributed by atoms with E-state index in [1.807, 2.05) is 26.8 Å². The van der Waals surface area contributed by atoms with Crippen LogP contribution in [0.2, 0.25) is 0 Å². The highest BCUT2D eigenvalue weighted by Gasteiger charge is 2.58. The van der Waals surface area contributed by atoms with Gasteiger partial charge < -0.3 is 9.84 Å². The van der Waals surface area contributed by atoms with Gasteiger partial charge in [-0.25, -0.2) is 0 Å². The second-order valence-corrected chi connectivity index (χ2v) is 11.4. The molecule has 4 unspecified atom stereocenters. The number of methoxy groups -OCH3 is 1. The molecule has 1 heterocycles. The SMILES string of the molecule is COc1ccc(C2C3=CCC4C(=O)N(C(C)(C)C)C(=O)C4C3CC3=C2C(=O)C=C(Br)C3=O)cc1O. The number of ketones is 2. The largest absolute Gasteiger partial charge is 0.504 e. The van der Waals surface area contributed by atoms with Crippen LogP contribution < -0.4 is 4.74 Å². The Bertz CT molecular complexity index is 1300. The highest BCUT2D eigenvalue weighted by atomic mass is 79.9. The first-order valence-corrected chi connectivity index (χ1v) is 12.4. The van der Waals surface area contributed by atoms with Crippen LogP contribution in [0.15, 0.2) is 51.6 Å². The number of imide groups is 1. The van der Waals surface area contributed by atoms with Crippen molar-refractivity contribution in [2.24, 2.45) is 17.8 Å². The van der Waals surface area contributed by atoms with Gasteiger partial charge in [0.1, 0.15) is 0 Å². The smallest absolute Gasteiger partial charge is 0.234 e. The van der Waals surface area contributed by atoms with E-state index in [0.29, 0.717) is 28.9 Å². The van der Waals surface area contributed by atoms with Gasteiger partial charge in [-0.1, -0.05) is 17.7 Å². The number of fused-ring (bicyclic) bond motifs is 3. The summed E-state index contributed by atoms with van der Waals surface area (Å²) in [5.74, 6) is -2.87. The van der Waals surface area contributed by atoms with E-state index in [1.54, 1.807) is 12.1 Å². The number of halogens is 1. The predicted molar refractivity (Wildman–Crippen MR) is 131 cm³/mol. The number of nitrogens with zero attached hydrogens (tertiary/aromatic N) is 1. The van der Waals surface area contributed by atoms with Crippen molar-refractivity contribution in [1.82, 2.24) is 4.90 Å². The van der Waals surface area contributed by atoms with Crippen molar-refractivity contribution in [3.63, 3.8) is 0 Å². The monoisotopic (exact) mass is 539 g/mol. The molecule has 1 aromatic rings. The van der Waals surface area contributed by atoms with Gasteiger partial charge in [0.05, 0.1) is 23.4 Å². The zero-order chi connectivity index (χ0) is 25.4. The van der Waals surface area contributed by atoms with Crippen LogP contribution in [0.5, 0.6) is 11.5 Å². The number of hydrogen-bond donors (Lipinski definition) is 1. The van der Waals surface area contributed by atoms with Gasteiger partial charge >= 0.3 is 0 Å². The van der Waals surface area contributed by atoms with Crippen molar-refractivity contribution >= 4 is 39.3 Å². The van der Waals surface area contributed by atoms with Gasteiger partial charge in [0.25, 0.3) is 0 Å². The number of phenols is 1. The van der Waals surface area contributed by atoms with Crippen molar-refractivity contribution in [2.75, 3.05) is 7.11 Å². The van der Waals surface area contributed by atoms with Crippen LogP contribution in [0.1, 0.15) is 45.1 Å². The second-order valence-electron chi connectivity index (χ2n) is 10.5. The summed E-state index contributed by atoms with van der Waals surface area (Å²) in [4.78, 5) is 54.7. The van der Waals surface area contributed by atoms with Gasteiger partial charge in [0.15, 0.2) is 23.1 Å². The first kappa shape index (κ1) is 23.7. The Balaban J connectivity index is 1.69. The quantitative estimate of drug-likeness (QED) is 0.346. The van der Waals surface area contributed by atoms with E-state index in [1.165, 1.54) is 24.2 Å². The van der Waals surface area contributed by atoms with Crippen LogP contribution in [-0.4, -0.2) is 46.0 Å². The highest BCUT2D eigenvalue weighted by Crippen LogP contribution is 2.56. The number of likely N-dealkylation sites (tertiary alicyclic amines) is 1. The number of aromatic hydroxyl groups is 1. The lowest BCUT2D eigenvalue weighted by Crippen LogP contribution is -2.46. The van der Waals surface area contributed by atoms with E-state index < -0.39 is 29.2 Å². The molecule has 2 amide bonds. The Morgan fingerprint density at radius 2 is 1.80 bits per heavy atom. The van der Waals surface area contributed by atoms with Crippen LogP contribution in [0.3, 0.4) is 0 Å². The minimum Gasteiger partial charge on any atom is -0.504 e. The molecule has 8 heteroatoms. The Hall–Kier alpha value is -3.00. The van der Waals surface area contributed by atoms with E-state index in [0.717, 1.165) is 5.57 Å². The van der Waals surface area contributed by atoms with Crippen LogP contribution in [0, 0.1) is 17.8 Å². The van der Waals surface area contributed by atoms with E-state index in [4.69, 9.17) is 4.74 Å². The predicted octanol–water partition coefficient (Wildman–Crippen LogP) is 3.96. The van der Waals surface area contributed by atoms with Gasteiger partial charge in [-0.3, -0.25) is 24.1 Å². The fourth-order valence-electron chi connectivity index (χ4n) is 6.13. The van der Waals surface area contributed by atoms with Gasteiger partial charge in [-0.2, -0.15) is 0 Å². The average molecular weight is 540 g/mol. The van der Waals surface area contributed by atoms with Crippen molar-refractivity contribution in [3.8, 4) is 11.5 Å². The molecule has 0 spiro atoms. The van der Waals surface area contributed by atoms with E-state index in [9.17, 15) is 24.3 Å². The Morgan fingerprint density at radius 3 is 2.43 bits per heavy atom. The van der Waals surface area contributed by atoms with Gasteiger partial charge in [0, 0.05) is 28.7 Å². The normalized spacial score (nSPS) is 28.4. The van der Waals surface area contributed by atoms with Crippen LogP contribution in [-0.2, 0) is 19.2 Å². The van der Waals surface area contributed by atoms with Crippen LogP contribution in [0.25, 0.3) is 0 Å². The summed E-state index contributed by atoms with van der Waals surface area (Å²) in [5, 5.41) is 10.5. The molecular weight excluding hydrogens is 514 g/mol. The third kappa shape index (κ3) is 3.44. The lowest BCUT2D eigenvalue weighted by atomic mass is 9.59. The van der Waals surface area contributed by atoms with Crippen molar-refractivity contribution < 1.29 is 29.0 Å². The third-order valence-corrected chi connectivity index (χ3v) is 8.13. The van der Waals surface area contributed by atoms with Crippen molar-refractivity contribution in [3.05, 3.63) is 57.1 Å². The standard InChI is InChI=1S/C27H26BrNO6/c1-27(2,3)29-25(33)14-7-6-13-15(22(14)26(29)34)10-16-23(19(31)11-17(28)24(16)32)21(13)12-5-8-20(35-4)18(30)9-12/h5-6,8-9,11,14-15,21-22,30H,7,10H2,1-4H3. The molecule has 1 saturated heterocycles. The fraction of sp³-hybridized carbons (Fsp3) is 0.407. The molecule has 4 atom stereocenters. The summed E-state index contributed by atoms with van der Waals surface area (Å²) in [6, 6.07) is 4.92. The number of hydrogen-bond acceptors (Lipinski definition) is 6. The third-order valence-electron chi connectivity index (χ3n) is 7.54. The zero-order valence-electron chi connectivity index (χ0n) is 19.9. The molecule has 1 fully saturated rings. The summed E-state index contributed by atoms with van der Waals surface area (Å²) in [6.07, 6.45) is 3.85. The first-order valence-electron chi connectivity index (χ1n) is 11.6. The molecule has 35 heavy (non-hydrogen) atoms. The maximum Gasteiger partial charge on any atom is 0.234 e. The molecule has 3 aliphatic carbocycles. The number of rotatable bonds is 2. The summed E-state index contributed by atoms with van der Waals surface area (Å²) < 4.78 is 5.36. The summed E-state index contributed by atoms with van der Waals surface area (Å²) in [7, 11) is 1.45. The number of carbonyl (C=O) groups excluding carboxylic acids is 4. The summed E-state index contributed by atoms with van der Waals surface area (Å²) >= 11 is 3.22. The molecule has 182 valence electrons. The first-order chi connectivity index (χ1) is 16.5. The second kappa shape index (κ2) is 8.01. The minimum atomic E-state index is -0.658. The molecule has 5 rings (SSSR count). The number of Topliss-reactive ketones (excluding diaryl/α,β-unsaturated/α-hetero) is 1. The molecule has 7 nitrogen and oxygen atoms in total. The number of phenolic OH excluding ortho intramolecular Hbond substituents is 1. The number of ether oxygens (including phenoxy) is 1. The Kier molecular flexibility index (Phi) is 5.43. The Morgan fingerprint density at radius 1 is 1.09 bits per heavy atom. The van der Waals surface area contributed by atoms with Gasteiger partial charge in [-0.05, 0) is 73.2 Å². The zero-order valence-corrected chi connectivity index (χ0v) is 21.5. The van der Waals surface area contributed by atoms with Crippen molar-refractivity contribution in [2.45, 2.75) is 45.1 Å². The fourth-order valence-corrected chi connectivity index (χ4v) is 6.58. The molecule has 0 bridgehead atoms. The number of carbonyl (C=O) groups is 4. The number of amides is 2. The summed E-state index contributed by atoms with van der Waals surface area (Å²) in [5.41, 5.74) is 1.55. The van der Waals surface area contributed by atoms with Gasteiger partial charge in [-0.15, -0.1) is 0 Å². The molecule has 1 aliphatic heterocycles. The maximum absolute atomic E-state index is 13.6. The van der Waals surface area contributed by atoms with E-state index in [-0.39, 0.29) is 40.0 Å². The van der Waals surface area contributed by atoms with Crippen LogP contribution in [0.4, 0.5) is 0 Å². The minimum absolute atomic E-state index is 0.0825. The molecule has 0 saturated carbocycles. The highest BCUT2D eigenvalue weighted by molar-refractivity contribution is 9.12. The average Bonchev–Trinajstić information content (AvgIpc) is 3.06. The van der Waals surface area contributed by atoms with Crippen molar-refractivity contribution in [1.29, 1.82) is 0 Å². The maximum atomic E-state index is 13.6. The van der Waals surface area contributed by atoms with Gasteiger partial charge in [0.2, 0.25) is 11.8 Å². The van der Waals surface area contributed by atoms with Crippen LogP contribution >= 0.6 is 15.9 Å². The van der Waals surface area contributed by atoms with E-state index >= 15 is 0 Å². The summed E-state index contributed by atoms with van der Waals surface area (Å²) in [6.45, 7) is 5.51. The number of allylic oxidation sites excluding steroid dienone is 6.